The number of hydrogen-bond acceptors (Lipinski definition) is 1. The van der Waals surface area contributed by atoms with Crippen molar-refractivity contribution < 1.29 is 0 Å². The van der Waals surface area contributed by atoms with Crippen LogP contribution in [0.4, 0.5) is 0 Å². The Kier molecular flexibility index (Phi) is 30.3. The molecule has 1 nitrogen and oxygen atoms in total. The summed E-state index contributed by atoms with van der Waals surface area (Å²) in [5, 5.41) is 4.70. The normalized spacial score (nSPS) is 12.7. The van der Waals surface area contributed by atoms with E-state index >= 15 is 0 Å². The third-order valence-corrected chi connectivity index (χ3v) is 7.12. The van der Waals surface area contributed by atoms with Gasteiger partial charge in [-0.25, -0.2) is 0 Å². The van der Waals surface area contributed by atoms with Gasteiger partial charge in [0.1, 0.15) is 0 Å². The first kappa shape index (κ1) is 42.0. The highest BCUT2D eigenvalue weighted by Crippen LogP contribution is 2.25. The van der Waals surface area contributed by atoms with Crippen molar-refractivity contribution in [1.82, 2.24) is 5.32 Å². The second kappa shape index (κ2) is 28.1. The van der Waals surface area contributed by atoms with E-state index in [2.05, 4.69) is 79.9 Å². The van der Waals surface area contributed by atoms with Gasteiger partial charge in [-0.1, -0.05) is 154 Å². The van der Waals surface area contributed by atoms with Gasteiger partial charge < -0.3 is 5.32 Å². The van der Waals surface area contributed by atoms with Crippen molar-refractivity contribution >= 4 is 23.2 Å². The summed E-state index contributed by atoms with van der Waals surface area (Å²) in [5.41, 5.74) is 5.77. The summed E-state index contributed by atoms with van der Waals surface area (Å²) >= 11 is 12.2. The van der Waals surface area contributed by atoms with Gasteiger partial charge in [-0.3, -0.25) is 0 Å². The number of nitrogens with one attached hydrogen (secondary N) is 1. The van der Waals surface area contributed by atoms with Gasteiger partial charge in [0.2, 0.25) is 0 Å². The van der Waals surface area contributed by atoms with Crippen molar-refractivity contribution in [3.05, 3.63) is 81.5 Å². The van der Waals surface area contributed by atoms with Gasteiger partial charge in [0.15, 0.2) is 0 Å². The molecular weight excluding hydrogens is 517 g/mol. The summed E-state index contributed by atoms with van der Waals surface area (Å²) in [4.78, 5) is 0. The van der Waals surface area contributed by atoms with E-state index < -0.39 is 0 Å². The predicted octanol–water partition coefficient (Wildman–Crippen LogP) is 13.7. The Bertz CT molecular complexity index is 817. The van der Waals surface area contributed by atoms with Gasteiger partial charge in [-0.2, -0.15) is 0 Å². The van der Waals surface area contributed by atoms with Gasteiger partial charge in [0, 0.05) is 16.8 Å². The van der Waals surface area contributed by atoms with Gasteiger partial charge in [-0.15, -0.1) is 0 Å². The first-order valence-electron chi connectivity index (χ1n) is 15.3. The zero-order chi connectivity index (χ0) is 30.8. The Labute approximate surface area is 255 Å². The molecule has 226 valence electrons. The van der Waals surface area contributed by atoms with Gasteiger partial charge >= 0.3 is 0 Å². The topological polar surface area (TPSA) is 12.0 Å². The number of unbranched alkanes of at least 4 members (excludes halogenated alkanes) is 2. The van der Waals surface area contributed by atoms with Gasteiger partial charge in [0.05, 0.1) is 5.03 Å². The van der Waals surface area contributed by atoms with Crippen LogP contribution in [0, 0.1) is 12.8 Å². The molecule has 2 atom stereocenters. The molecule has 2 unspecified atom stereocenters. The van der Waals surface area contributed by atoms with Crippen LogP contribution in [0.15, 0.2) is 65.4 Å². The molecule has 0 bridgehead atoms. The minimum absolute atomic E-state index is 0.108. The lowest BCUT2D eigenvalue weighted by atomic mass is 10.0. The Morgan fingerprint density at radius 1 is 0.974 bits per heavy atom. The molecular formula is C36H63Cl2N. The fraction of sp³-hybridized carbons (Fsp3) is 0.611. The van der Waals surface area contributed by atoms with Crippen LogP contribution in [0.1, 0.15) is 144 Å². The summed E-state index contributed by atoms with van der Waals surface area (Å²) in [6.07, 6.45) is 15.6. The van der Waals surface area contributed by atoms with Crippen molar-refractivity contribution in [1.29, 1.82) is 0 Å². The SMILES string of the molecule is C=C(C)/C(=C/CC)CCC.C=C/C(Cl)=C(\C)NC(C)c1ccc(C)cc1Cl.CCCC.CCCCC(C)CC. The summed E-state index contributed by atoms with van der Waals surface area (Å²) in [5.74, 6) is 0.954. The van der Waals surface area contributed by atoms with Crippen LogP contribution in [0.2, 0.25) is 5.02 Å². The smallest absolute Gasteiger partial charge is 0.0586 e. The Hall–Kier alpha value is -1.44. The molecule has 0 amide bonds. The lowest BCUT2D eigenvalue weighted by molar-refractivity contribution is 0.492. The van der Waals surface area contributed by atoms with Crippen LogP contribution in [-0.4, -0.2) is 0 Å². The number of hydrogen-bond donors (Lipinski definition) is 1. The molecule has 0 aliphatic rings. The third-order valence-electron chi connectivity index (χ3n) is 6.36. The van der Waals surface area contributed by atoms with Crippen LogP contribution >= 0.6 is 23.2 Å². The second-order valence-corrected chi connectivity index (χ2v) is 11.2. The van der Waals surface area contributed by atoms with E-state index in [1.54, 1.807) is 6.08 Å². The van der Waals surface area contributed by atoms with Crippen molar-refractivity contribution in [2.75, 3.05) is 0 Å². The fourth-order valence-corrected chi connectivity index (χ4v) is 3.82. The lowest BCUT2D eigenvalue weighted by Crippen LogP contribution is -2.17. The molecule has 1 aromatic rings. The molecule has 1 aromatic carbocycles. The zero-order valence-corrected chi connectivity index (χ0v) is 29.1. The van der Waals surface area contributed by atoms with E-state index in [-0.39, 0.29) is 6.04 Å². The molecule has 0 aliphatic carbocycles. The molecule has 0 heterocycles. The molecule has 3 heteroatoms. The van der Waals surface area contributed by atoms with E-state index in [0.29, 0.717) is 5.03 Å². The molecule has 1 N–H and O–H groups in total. The van der Waals surface area contributed by atoms with Crippen LogP contribution in [0.3, 0.4) is 0 Å². The fourth-order valence-electron chi connectivity index (χ4n) is 3.37. The van der Waals surface area contributed by atoms with Crippen molar-refractivity contribution in [3.8, 4) is 0 Å². The highest BCUT2D eigenvalue weighted by atomic mass is 35.5. The number of benzene rings is 1. The maximum absolute atomic E-state index is 6.21. The summed E-state index contributed by atoms with van der Waals surface area (Å²) in [6, 6.07) is 6.15. The van der Waals surface area contributed by atoms with E-state index in [1.807, 2.05) is 39.0 Å². The van der Waals surface area contributed by atoms with Crippen molar-refractivity contribution in [3.63, 3.8) is 0 Å². The van der Waals surface area contributed by atoms with Crippen molar-refractivity contribution in [2.45, 2.75) is 140 Å². The number of halogens is 2. The molecule has 39 heavy (non-hydrogen) atoms. The highest BCUT2D eigenvalue weighted by molar-refractivity contribution is 6.31. The van der Waals surface area contributed by atoms with Crippen LogP contribution in [0.25, 0.3) is 0 Å². The quantitative estimate of drug-likeness (QED) is 0.229. The van der Waals surface area contributed by atoms with E-state index in [4.69, 9.17) is 23.2 Å². The van der Waals surface area contributed by atoms with E-state index in [9.17, 15) is 0 Å². The standard InChI is InChI=1S/C14H17Cl2N.C10H18.C8H18.C4H10/c1-5-13(15)11(4)17-10(3)12-7-6-9(2)8-14(12)16;1-5-7-10(8-6-2)9(3)4;1-4-6-7-8(3)5-2;1-3-4-2/h5-8,10,17H,1H2,2-4H3;7H,3,5-6,8H2,1-2,4H3;8H,4-7H2,1-3H3;3-4H2,1-2H3/b13-11-;10-7+;;. The van der Waals surface area contributed by atoms with E-state index in [0.717, 1.165) is 34.2 Å². The number of aryl methyl sites for hydroxylation is 1. The molecule has 0 saturated heterocycles. The van der Waals surface area contributed by atoms with E-state index in [1.165, 1.54) is 62.5 Å². The van der Waals surface area contributed by atoms with Gasteiger partial charge in [0.25, 0.3) is 0 Å². The minimum atomic E-state index is 0.108. The molecule has 0 radical (unpaired) electrons. The Balaban J connectivity index is -0.000000502. The average molecular weight is 581 g/mol. The Morgan fingerprint density at radius 3 is 1.95 bits per heavy atom. The second-order valence-electron chi connectivity index (χ2n) is 10.4. The monoisotopic (exact) mass is 579 g/mol. The Morgan fingerprint density at radius 2 is 1.56 bits per heavy atom. The van der Waals surface area contributed by atoms with Gasteiger partial charge in [-0.05, 0) is 75.3 Å². The molecule has 1 rings (SSSR count). The molecule has 0 fully saturated rings. The zero-order valence-electron chi connectivity index (χ0n) is 27.6. The van der Waals surface area contributed by atoms with Crippen LogP contribution < -0.4 is 5.32 Å². The summed E-state index contributed by atoms with van der Waals surface area (Å²) < 4.78 is 0. The molecule has 0 aliphatic heterocycles. The minimum Gasteiger partial charge on any atom is -0.381 e. The van der Waals surface area contributed by atoms with Crippen LogP contribution in [-0.2, 0) is 0 Å². The lowest BCUT2D eigenvalue weighted by Gasteiger charge is -2.18. The molecule has 0 saturated carbocycles. The third kappa shape index (κ3) is 24.1. The van der Waals surface area contributed by atoms with Crippen molar-refractivity contribution in [2.24, 2.45) is 5.92 Å². The number of rotatable bonds is 13. The first-order chi connectivity index (χ1) is 18.4. The molecule has 0 aromatic heterocycles. The maximum Gasteiger partial charge on any atom is 0.0586 e. The molecule has 0 spiro atoms. The largest absolute Gasteiger partial charge is 0.381 e. The van der Waals surface area contributed by atoms with Crippen LogP contribution in [0.5, 0.6) is 0 Å². The maximum atomic E-state index is 6.21. The average Bonchev–Trinajstić information content (AvgIpc) is 2.91. The first-order valence-corrected chi connectivity index (χ1v) is 16.0. The predicted molar refractivity (Wildman–Crippen MR) is 184 cm³/mol. The highest BCUT2D eigenvalue weighted by Gasteiger charge is 2.10. The summed E-state index contributed by atoms with van der Waals surface area (Å²) in [7, 11) is 0. The summed E-state index contributed by atoms with van der Waals surface area (Å²) in [6.45, 7) is 31.2. The number of allylic oxidation sites excluding steroid dienone is 6.